The van der Waals surface area contributed by atoms with Crippen molar-refractivity contribution >= 4 is 28.5 Å². The van der Waals surface area contributed by atoms with Gasteiger partial charge < -0.3 is 5.73 Å². The molecule has 3 heterocycles. The van der Waals surface area contributed by atoms with Crippen LogP contribution in [0.3, 0.4) is 0 Å². The molecule has 0 aliphatic rings. The molecular formula is C12H10ClN5. The van der Waals surface area contributed by atoms with E-state index in [1.54, 1.807) is 18.6 Å². The highest BCUT2D eigenvalue weighted by molar-refractivity contribution is 6.36. The first-order valence-electron chi connectivity index (χ1n) is 5.36. The van der Waals surface area contributed by atoms with E-state index in [-0.39, 0.29) is 0 Å². The van der Waals surface area contributed by atoms with E-state index in [1.807, 2.05) is 17.6 Å². The van der Waals surface area contributed by atoms with Crippen LogP contribution in [0.2, 0.25) is 5.02 Å². The van der Waals surface area contributed by atoms with Gasteiger partial charge in [0, 0.05) is 12.4 Å². The highest BCUT2D eigenvalue weighted by atomic mass is 35.5. The Morgan fingerprint density at radius 1 is 1.28 bits per heavy atom. The van der Waals surface area contributed by atoms with Gasteiger partial charge in [-0.2, -0.15) is 0 Å². The number of aromatic nitrogens is 4. The normalized spacial score (nSPS) is 11.0. The van der Waals surface area contributed by atoms with Crippen molar-refractivity contribution in [3.8, 4) is 5.69 Å². The number of anilines is 1. The predicted octanol–water partition coefficient (Wildman–Crippen LogP) is 2.36. The molecule has 3 aromatic heterocycles. The summed E-state index contributed by atoms with van der Waals surface area (Å²) in [5, 5.41) is 1.20. The second-order valence-corrected chi connectivity index (χ2v) is 4.43. The minimum Gasteiger partial charge on any atom is -0.383 e. The topological polar surface area (TPSA) is 69.6 Å². The Bertz CT molecular complexity index is 734. The summed E-state index contributed by atoms with van der Waals surface area (Å²) in [6, 6.07) is 2.00. The SMILES string of the molecule is Cc1cncc(-n2cc(Cl)c3c(N)ncnc32)c1. The Morgan fingerprint density at radius 2 is 2.11 bits per heavy atom. The van der Waals surface area contributed by atoms with Gasteiger partial charge in [-0.1, -0.05) is 11.6 Å². The number of hydrogen-bond acceptors (Lipinski definition) is 4. The fraction of sp³-hybridized carbons (Fsp3) is 0.0833. The number of rotatable bonds is 1. The lowest BCUT2D eigenvalue weighted by Crippen LogP contribution is -1.97. The smallest absolute Gasteiger partial charge is 0.151 e. The van der Waals surface area contributed by atoms with Gasteiger partial charge in [-0.3, -0.25) is 9.55 Å². The summed E-state index contributed by atoms with van der Waals surface area (Å²) in [7, 11) is 0. The highest BCUT2D eigenvalue weighted by Crippen LogP contribution is 2.29. The molecular weight excluding hydrogens is 250 g/mol. The van der Waals surface area contributed by atoms with Gasteiger partial charge in [-0.05, 0) is 18.6 Å². The number of halogens is 1. The zero-order valence-electron chi connectivity index (χ0n) is 9.63. The van der Waals surface area contributed by atoms with Crippen molar-refractivity contribution in [2.45, 2.75) is 6.92 Å². The molecule has 0 saturated heterocycles. The molecule has 0 fully saturated rings. The van der Waals surface area contributed by atoms with Gasteiger partial charge in [-0.25, -0.2) is 9.97 Å². The maximum atomic E-state index is 6.17. The van der Waals surface area contributed by atoms with E-state index in [1.165, 1.54) is 6.33 Å². The van der Waals surface area contributed by atoms with Gasteiger partial charge in [0.25, 0.3) is 0 Å². The largest absolute Gasteiger partial charge is 0.383 e. The van der Waals surface area contributed by atoms with Crippen LogP contribution in [-0.4, -0.2) is 19.5 Å². The maximum absolute atomic E-state index is 6.17. The van der Waals surface area contributed by atoms with Gasteiger partial charge in [0.15, 0.2) is 5.65 Å². The van der Waals surface area contributed by atoms with E-state index in [9.17, 15) is 0 Å². The summed E-state index contributed by atoms with van der Waals surface area (Å²) >= 11 is 6.17. The van der Waals surface area contributed by atoms with E-state index in [2.05, 4.69) is 15.0 Å². The molecule has 0 atom stereocenters. The molecule has 0 spiro atoms. The average molecular weight is 260 g/mol. The molecule has 90 valence electrons. The lowest BCUT2D eigenvalue weighted by Gasteiger charge is -2.04. The van der Waals surface area contributed by atoms with E-state index in [0.29, 0.717) is 21.9 Å². The van der Waals surface area contributed by atoms with Crippen molar-refractivity contribution in [1.29, 1.82) is 0 Å². The van der Waals surface area contributed by atoms with Crippen molar-refractivity contribution < 1.29 is 0 Å². The molecule has 3 rings (SSSR count). The van der Waals surface area contributed by atoms with Crippen LogP contribution in [0.1, 0.15) is 5.56 Å². The molecule has 0 radical (unpaired) electrons. The first-order valence-corrected chi connectivity index (χ1v) is 5.73. The lowest BCUT2D eigenvalue weighted by atomic mass is 10.3. The minimum absolute atomic E-state index is 0.379. The lowest BCUT2D eigenvalue weighted by molar-refractivity contribution is 1.05. The molecule has 3 aromatic rings. The Labute approximate surface area is 108 Å². The van der Waals surface area contributed by atoms with E-state index < -0.39 is 0 Å². The number of aryl methyl sites for hydroxylation is 1. The summed E-state index contributed by atoms with van der Waals surface area (Å²) in [6.45, 7) is 1.98. The second kappa shape index (κ2) is 3.96. The van der Waals surface area contributed by atoms with Crippen LogP contribution in [0.25, 0.3) is 16.7 Å². The third-order valence-electron chi connectivity index (χ3n) is 2.70. The number of fused-ring (bicyclic) bond motifs is 1. The molecule has 0 amide bonds. The molecule has 0 aliphatic carbocycles. The highest BCUT2D eigenvalue weighted by Gasteiger charge is 2.13. The molecule has 0 unspecified atom stereocenters. The molecule has 2 N–H and O–H groups in total. The first kappa shape index (κ1) is 11.0. The average Bonchev–Trinajstić information content (AvgIpc) is 2.68. The Morgan fingerprint density at radius 3 is 2.89 bits per heavy atom. The number of pyridine rings is 1. The second-order valence-electron chi connectivity index (χ2n) is 4.03. The van der Waals surface area contributed by atoms with Crippen molar-refractivity contribution in [2.75, 3.05) is 5.73 Å². The van der Waals surface area contributed by atoms with Crippen LogP contribution in [0.4, 0.5) is 5.82 Å². The van der Waals surface area contributed by atoms with E-state index in [0.717, 1.165) is 11.3 Å². The van der Waals surface area contributed by atoms with Crippen molar-refractivity contribution in [1.82, 2.24) is 19.5 Å². The van der Waals surface area contributed by atoms with Crippen molar-refractivity contribution in [3.63, 3.8) is 0 Å². The van der Waals surface area contributed by atoms with Crippen LogP contribution >= 0.6 is 11.6 Å². The van der Waals surface area contributed by atoms with Gasteiger partial charge in [0.2, 0.25) is 0 Å². The summed E-state index contributed by atoms with van der Waals surface area (Å²) in [4.78, 5) is 12.3. The van der Waals surface area contributed by atoms with Gasteiger partial charge in [0.1, 0.15) is 12.1 Å². The first-order chi connectivity index (χ1) is 8.66. The third kappa shape index (κ3) is 1.60. The molecule has 0 saturated carbocycles. The standard InChI is InChI=1S/C12H10ClN5/c1-7-2-8(4-15-3-7)18-5-9(13)10-11(14)16-6-17-12(10)18/h2-6H,1H3,(H2,14,16,17). The third-order valence-corrected chi connectivity index (χ3v) is 2.99. The van der Waals surface area contributed by atoms with E-state index >= 15 is 0 Å². The van der Waals surface area contributed by atoms with Crippen LogP contribution in [0.5, 0.6) is 0 Å². The van der Waals surface area contributed by atoms with Crippen LogP contribution in [-0.2, 0) is 0 Å². The molecule has 0 bridgehead atoms. The monoisotopic (exact) mass is 259 g/mol. The fourth-order valence-electron chi connectivity index (χ4n) is 1.91. The van der Waals surface area contributed by atoms with Crippen LogP contribution in [0.15, 0.2) is 31.0 Å². The Balaban J connectivity index is 2.34. The minimum atomic E-state index is 0.379. The summed E-state index contributed by atoms with van der Waals surface area (Å²) in [6.07, 6.45) is 6.74. The predicted molar refractivity (Wildman–Crippen MR) is 70.8 cm³/mol. The van der Waals surface area contributed by atoms with E-state index in [4.69, 9.17) is 17.3 Å². The summed E-state index contributed by atoms with van der Waals surface area (Å²) in [5.74, 6) is 0.379. The number of nitrogen functional groups attached to an aromatic ring is 1. The number of nitrogens with two attached hydrogens (primary N) is 1. The Hall–Kier alpha value is -2.14. The molecule has 18 heavy (non-hydrogen) atoms. The summed E-state index contributed by atoms with van der Waals surface area (Å²) in [5.41, 5.74) is 8.45. The zero-order chi connectivity index (χ0) is 12.7. The van der Waals surface area contributed by atoms with Crippen molar-refractivity contribution in [2.24, 2.45) is 0 Å². The number of nitrogens with zero attached hydrogens (tertiary/aromatic N) is 4. The molecule has 6 heteroatoms. The summed E-state index contributed by atoms with van der Waals surface area (Å²) < 4.78 is 1.86. The fourth-order valence-corrected chi connectivity index (χ4v) is 2.19. The zero-order valence-corrected chi connectivity index (χ0v) is 10.4. The van der Waals surface area contributed by atoms with Crippen LogP contribution in [0, 0.1) is 6.92 Å². The van der Waals surface area contributed by atoms with Crippen LogP contribution < -0.4 is 5.73 Å². The molecule has 0 aromatic carbocycles. The maximum Gasteiger partial charge on any atom is 0.151 e. The quantitative estimate of drug-likeness (QED) is 0.728. The Kier molecular flexibility index (Phi) is 2.41. The number of hydrogen-bond donors (Lipinski definition) is 1. The molecule has 5 nitrogen and oxygen atoms in total. The molecule has 0 aliphatic heterocycles. The van der Waals surface area contributed by atoms with Gasteiger partial charge >= 0.3 is 0 Å². The van der Waals surface area contributed by atoms with Gasteiger partial charge in [-0.15, -0.1) is 0 Å². The van der Waals surface area contributed by atoms with Crippen molar-refractivity contribution in [3.05, 3.63) is 41.6 Å². The van der Waals surface area contributed by atoms with Gasteiger partial charge in [0.05, 0.1) is 22.3 Å².